The molecule has 0 rings (SSSR count). The van der Waals surface area contributed by atoms with Crippen LogP contribution < -0.4 is 16.0 Å². The van der Waals surface area contributed by atoms with Gasteiger partial charge >= 0.3 is 23.9 Å². The summed E-state index contributed by atoms with van der Waals surface area (Å²) < 4.78 is 21.8. The molecule has 0 heterocycles. The van der Waals surface area contributed by atoms with Crippen molar-refractivity contribution in [1.82, 2.24) is 21.0 Å². The van der Waals surface area contributed by atoms with E-state index in [2.05, 4.69) is 22.9 Å². The molecule has 0 unspecified atom stereocenters. The van der Waals surface area contributed by atoms with Crippen molar-refractivity contribution in [3.05, 3.63) is 0 Å². The summed E-state index contributed by atoms with van der Waals surface area (Å²) in [7, 11) is 0. The molecule has 0 aromatic heterocycles. The third-order valence-electron chi connectivity index (χ3n) is 8.18. The van der Waals surface area contributed by atoms with Gasteiger partial charge in [0.05, 0.1) is 26.4 Å². The van der Waals surface area contributed by atoms with Crippen molar-refractivity contribution in [2.24, 2.45) is 5.92 Å². The fourth-order valence-electron chi connectivity index (χ4n) is 5.00. The SMILES string of the molecule is CCCCOC(=O)C(C(=O)OCCCC)C(C(=O)OCCCC)(C(=O)OCCCC)N(O)CCCCNCCCCNCCCCNCCC. The molecule has 0 aromatic carbocycles. The summed E-state index contributed by atoms with van der Waals surface area (Å²) in [5.74, 6) is -6.97. The average Bonchev–Trinajstić information content (AvgIpc) is 3.10. The van der Waals surface area contributed by atoms with Crippen LogP contribution in [0.2, 0.25) is 0 Å². The molecule has 0 saturated heterocycles. The Morgan fingerprint density at radius 2 is 0.840 bits per heavy atom. The number of hydroxylamine groups is 2. The van der Waals surface area contributed by atoms with Gasteiger partial charge in [-0.2, -0.15) is 5.06 Å². The van der Waals surface area contributed by atoms with Crippen LogP contribution in [-0.4, -0.2) is 112 Å². The summed E-state index contributed by atoms with van der Waals surface area (Å²) in [6.45, 7) is 14.9. The smallest absolute Gasteiger partial charge is 0.342 e. The molecule has 0 aliphatic heterocycles. The minimum absolute atomic E-state index is 0.0378. The molecule has 0 bridgehead atoms. The van der Waals surface area contributed by atoms with Crippen molar-refractivity contribution in [3.8, 4) is 0 Å². The van der Waals surface area contributed by atoms with Crippen molar-refractivity contribution in [1.29, 1.82) is 0 Å². The minimum atomic E-state index is -2.85. The van der Waals surface area contributed by atoms with Crippen molar-refractivity contribution >= 4 is 23.9 Å². The van der Waals surface area contributed by atoms with Gasteiger partial charge in [0.1, 0.15) is 0 Å². The number of carbonyl (C=O) groups excluding carboxylic acids is 4. The molecule has 0 aliphatic rings. The fourth-order valence-corrected chi connectivity index (χ4v) is 5.00. The number of carbonyl (C=O) groups is 4. The van der Waals surface area contributed by atoms with E-state index >= 15 is 0 Å². The van der Waals surface area contributed by atoms with Gasteiger partial charge in [0.25, 0.3) is 5.54 Å². The van der Waals surface area contributed by atoms with Gasteiger partial charge in [-0.1, -0.05) is 60.3 Å². The van der Waals surface area contributed by atoms with Crippen LogP contribution in [-0.2, 0) is 38.1 Å². The van der Waals surface area contributed by atoms with E-state index in [0.29, 0.717) is 75.8 Å². The maximum atomic E-state index is 14.0. The van der Waals surface area contributed by atoms with Crippen molar-refractivity contribution in [2.45, 2.75) is 136 Å². The Morgan fingerprint density at radius 3 is 1.20 bits per heavy atom. The van der Waals surface area contributed by atoms with Gasteiger partial charge in [-0.25, -0.2) is 9.59 Å². The highest BCUT2D eigenvalue weighted by Crippen LogP contribution is 2.32. The van der Waals surface area contributed by atoms with Crippen LogP contribution in [0.4, 0.5) is 0 Å². The summed E-state index contributed by atoms with van der Waals surface area (Å²) in [6, 6.07) is 0. The molecule has 0 spiro atoms. The Bertz CT molecular complexity index is 834. The molecule has 0 radical (unpaired) electrons. The largest absolute Gasteiger partial charge is 0.465 e. The molecule has 294 valence electrons. The van der Waals surface area contributed by atoms with Crippen LogP contribution in [0.25, 0.3) is 0 Å². The number of ether oxygens (including phenoxy) is 4. The highest BCUT2D eigenvalue weighted by atomic mass is 16.6. The standard InChI is InChI=1S/C37H72N4O9/c1-6-11-28-47-33(42)32(34(43)48-29-12-7-2)37(35(44)49-30-13-8-3,36(45)50-31-14-9-4)41(46)27-20-19-26-40-25-18-17-24-39-23-16-15-22-38-21-10-5/h32,38-40,46H,6-31H2,1-5H3. The predicted octanol–water partition coefficient (Wildman–Crippen LogP) is 4.93. The lowest BCUT2D eigenvalue weighted by molar-refractivity contribution is -0.232. The number of unbranched alkanes of at least 4 members (excludes halogenated alkanes) is 7. The zero-order valence-corrected chi connectivity index (χ0v) is 32.1. The molecular weight excluding hydrogens is 644 g/mol. The van der Waals surface area contributed by atoms with Crippen LogP contribution in [0.1, 0.15) is 131 Å². The minimum Gasteiger partial charge on any atom is -0.465 e. The molecule has 4 N–H and O–H groups in total. The van der Waals surface area contributed by atoms with Crippen molar-refractivity contribution in [2.75, 3.05) is 72.2 Å². The average molecular weight is 717 g/mol. The molecule has 0 saturated carbocycles. The Hall–Kier alpha value is -2.32. The second-order valence-corrected chi connectivity index (χ2v) is 12.7. The number of hydrogen-bond donors (Lipinski definition) is 4. The Morgan fingerprint density at radius 1 is 0.500 bits per heavy atom. The van der Waals surface area contributed by atoms with Gasteiger partial charge in [0, 0.05) is 6.54 Å². The summed E-state index contributed by atoms with van der Waals surface area (Å²) in [6.07, 6.45) is 11.2. The number of esters is 4. The van der Waals surface area contributed by atoms with Crippen molar-refractivity contribution in [3.63, 3.8) is 0 Å². The summed E-state index contributed by atoms with van der Waals surface area (Å²) >= 11 is 0. The lowest BCUT2D eigenvalue weighted by atomic mass is 9.82. The zero-order chi connectivity index (χ0) is 37.3. The topological polar surface area (TPSA) is 165 Å². The molecule has 0 amide bonds. The first-order valence-corrected chi connectivity index (χ1v) is 19.6. The summed E-state index contributed by atoms with van der Waals surface area (Å²) in [5.41, 5.74) is -2.85. The van der Waals surface area contributed by atoms with E-state index in [1.165, 1.54) is 6.42 Å². The van der Waals surface area contributed by atoms with E-state index in [1.54, 1.807) is 0 Å². The van der Waals surface area contributed by atoms with Crippen LogP contribution in [0.3, 0.4) is 0 Å². The van der Waals surface area contributed by atoms with Crippen LogP contribution in [0.15, 0.2) is 0 Å². The molecule has 0 aliphatic carbocycles. The van der Waals surface area contributed by atoms with Gasteiger partial charge in [-0.3, -0.25) is 9.59 Å². The molecule has 0 aromatic rings. The van der Waals surface area contributed by atoms with Gasteiger partial charge < -0.3 is 40.1 Å². The van der Waals surface area contributed by atoms with Gasteiger partial charge in [0.15, 0.2) is 5.92 Å². The van der Waals surface area contributed by atoms with Crippen LogP contribution in [0.5, 0.6) is 0 Å². The van der Waals surface area contributed by atoms with E-state index < -0.39 is 35.3 Å². The number of rotatable bonds is 35. The number of nitrogens with one attached hydrogen (secondary N) is 3. The Labute approximate surface area is 302 Å². The second kappa shape index (κ2) is 32.6. The first-order chi connectivity index (χ1) is 24.3. The fraction of sp³-hybridized carbons (Fsp3) is 0.892. The highest BCUT2D eigenvalue weighted by Gasteiger charge is 2.66. The van der Waals surface area contributed by atoms with Gasteiger partial charge in [-0.15, -0.1) is 0 Å². The third-order valence-corrected chi connectivity index (χ3v) is 8.18. The third kappa shape index (κ3) is 19.9. The van der Waals surface area contributed by atoms with E-state index in [0.717, 1.165) is 58.4 Å². The number of nitrogens with zero attached hydrogens (tertiary/aromatic N) is 1. The maximum Gasteiger partial charge on any atom is 0.342 e. The van der Waals surface area contributed by atoms with E-state index in [1.807, 2.05) is 27.7 Å². The lowest BCUT2D eigenvalue weighted by Crippen LogP contribution is -2.68. The summed E-state index contributed by atoms with van der Waals surface area (Å²) in [5, 5.41) is 22.4. The molecule has 0 atom stereocenters. The van der Waals surface area contributed by atoms with Crippen LogP contribution >= 0.6 is 0 Å². The summed E-state index contributed by atoms with van der Waals surface area (Å²) in [4.78, 5) is 55.2. The molecular formula is C37H72N4O9. The first-order valence-electron chi connectivity index (χ1n) is 19.6. The molecule has 13 nitrogen and oxygen atoms in total. The van der Waals surface area contributed by atoms with Gasteiger partial charge in [-0.05, 0) is 110 Å². The number of hydrogen-bond acceptors (Lipinski definition) is 13. The highest BCUT2D eigenvalue weighted by molar-refractivity contribution is 6.15. The second-order valence-electron chi connectivity index (χ2n) is 12.7. The molecule has 0 fully saturated rings. The monoisotopic (exact) mass is 717 g/mol. The lowest BCUT2D eigenvalue weighted by Gasteiger charge is -2.38. The maximum absolute atomic E-state index is 14.0. The van der Waals surface area contributed by atoms with Gasteiger partial charge in [0.2, 0.25) is 0 Å². The Balaban J connectivity index is 5.68. The predicted molar refractivity (Wildman–Crippen MR) is 195 cm³/mol. The Kier molecular flexibility index (Phi) is 31.1. The first kappa shape index (κ1) is 47.7. The normalized spacial score (nSPS) is 11.6. The zero-order valence-electron chi connectivity index (χ0n) is 32.1. The quantitative estimate of drug-likeness (QED) is 0.0230. The van der Waals surface area contributed by atoms with E-state index in [4.69, 9.17) is 18.9 Å². The van der Waals surface area contributed by atoms with Crippen LogP contribution in [0, 0.1) is 5.92 Å². The van der Waals surface area contributed by atoms with E-state index in [-0.39, 0.29) is 33.0 Å². The van der Waals surface area contributed by atoms with Crippen molar-refractivity contribution < 1.29 is 43.3 Å². The molecule has 13 heteroatoms. The molecule has 50 heavy (non-hydrogen) atoms. The van der Waals surface area contributed by atoms with E-state index in [9.17, 15) is 24.4 Å².